The summed E-state index contributed by atoms with van der Waals surface area (Å²) in [5.74, 6) is 1.08. The number of Topliss-reactive ketones (excluding diaryl/α,β-unsaturated/α-hetero) is 1. The monoisotopic (exact) mass is 542 g/mol. The number of hydrogen-bond acceptors (Lipinski definition) is 11. The molecule has 0 unspecified atom stereocenters. The Hall–Kier alpha value is -3.35. The molecule has 0 bridgehead atoms. The number of benzene rings is 2. The SMILES string of the molecule is C=C(C)[C@H]1Cc2c(ccc3c2O[C@@H]2COc4cc(OC)c(O[C@@H]5O[C@H](CO)[C@@H](O)[C@H](O)[C@H]5O)cc4[C@@H]2C3=O)O1. The molecule has 4 aliphatic heterocycles. The van der Waals surface area contributed by atoms with E-state index in [-0.39, 0.29) is 30.0 Å². The molecule has 0 amide bonds. The van der Waals surface area contributed by atoms with E-state index in [2.05, 4.69) is 6.58 Å². The van der Waals surface area contributed by atoms with Gasteiger partial charge in [0.2, 0.25) is 6.29 Å². The molecule has 0 aliphatic carbocycles. The fourth-order valence-electron chi connectivity index (χ4n) is 5.56. The third-order valence-electron chi connectivity index (χ3n) is 7.74. The van der Waals surface area contributed by atoms with Gasteiger partial charge in [0.15, 0.2) is 17.3 Å². The van der Waals surface area contributed by atoms with Gasteiger partial charge in [-0.3, -0.25) is 4.79 Å². The van der Waals surface area contributed by atoms with E-state index in [0.717, 1.165) is 11.1 Å². The van der Waals surface area contributed by atoms with Crippen LogP contribution in [0.2, 0.25) is 0 Å². The van der Waals surface area contributed by atoms with Crippen LogP contribution < -0.4 is 23.7 Å². The second-order valence-corrected chi connectivity index (χ2v) is 10.2. The molecule has 2 aromatic carbocycles. The van der Waals surface area contributed by atoms with Crippen LogP contribution in [-0.2, 0) is 11.2 Å². The van der Waals surface area contributed by atoms with Crippen molar-refractivity contribution in [2.24, 2.45) is 0 Å². The summed E-state index contributed by atoms with van der Waals surface area (Å²) in [5.41, 5.74) is 2.66. The molecule has 0 spiro atoms. The van der Waals surface area contributed by atoms with Gasteiger partial charge < -0.3 is 48.8 Å². The molecular formula is C28H30O11. The Labute approximate surface area is 224 Å². The third-order valence-corrected chi connectivity index (χ3v) is 7.74. The zero-order chi connectivity index (χ0) is 27.6. The van der Waals surface area contributed by atoms with E-state index < -0.39 is 49.3 Å². The summed E-state index contributed by atoms with van der Waals surface area (Å²) >= 11 is 0. The minimum atomic E-state index is -1.62. The molecule has 8 atom stereocenters. The number of methoxy groups -OCH3 is 1. The minimum absolute atomic E-state index is 0.107. The smallest absolute Gasteiger partial charge is 0.229 e. The van der Waals surface area contributed by atoms with Crippen LogP contribution in [-0.4, -0.2) is 89.4 Å². The van der Waals surface area contributed by atoms with E-state index in [1.807, 2.05) is 6.92 Å². The first-order chi connectivity index (χ1) is 18.7. The second-order valence-electron chi connectivity index (χ2n) is 10.2. The standard InChI is InChI=1S/C28H30O11/c1-11(2)16-7-14-15(36-16)5-4-12-23(30)22-13-6-19(38-28-26(33)25(32)24(31)20(9-29)39-28)18(34-3)8-17(13)35-10-21(22)37-27(12)14/h4-6,8,16,20-22,24-26,28-29,31-33H,1,7,9-10H2,2-3H3/t16-,20-,21-,22+,24-,25+,26-,28-/m1/s1. The lowest BCUT2D eigenvalue weighted by Crippen LogP contribution is -2.60. The van der Waals surface area contributed by atoms with Gasteiger partial charge in [0.25, 0.3) is 0 Å². The van der Waals surface area contributed by atoms with Gasteiger partial charge in [-0.2, -0.15) is 0 Å². The average Bonchev–Trinajstić information content (AvgIpc) is 3.38. The van der Waals surface area contributed by atoms with Crippen LogP contribution in [0.1, 0.15) is 34.3 Å². The molecule has 4 heterocycles. The van der Waals surface area contributed by atoms with Crippen molar-refractivity contribution in [3.05, 3.63) is 53.1 Å². The van der Waals surface area contributed by atoms with Gasteiger partial charge in [0.05, 0.1) is 25.2 Å². The Bertz CT molecular complexity index is 1320. The van der Waals surface area contributed by atoms with Gasteiger partial charge in [-0.15, -0.1) is 0 Å². The van der Waals surface area contributed by atoms with Crippen molar-refractivity contribution in [2.75, 3.05) is 20.3 Å². The molecule has 11 heteroatoms. The van der Waals surface area contributed by atoms with Crippen molar-refractivity contribution < 1.29 is 53.6 Å². The molecule has 0 aromatic heterocycles. The summed E-state index contributed by atoms with van der Waals surface area (Å²) in [6.07, 6.45) is -7.57. The van der Waals surface area contributed by atoms with E-state index in [0.29, 0.717) is 34.8 Å². The maximum Gasteiger partial charge on any atom is 0.229 e. The highest BCUT2D eigenvalue weighted by Gasteiger charge is 2.47. The molecule has 1 saturated heterocycles. The molecule has 39 heavy (non-hydrogen) atoms. The Morgan fingerprint density at radius 3 is 2.59 bits per heavy atom. The van der Waals surface area contributed by atoms with E-state index >= 15 is 0 Å². The van der Waals surface area contributed by atoms with Crippen molar-refractivity contribution in [1.29, 1.82) is 0 Å². The van der Waals surface area contributed by atoms with Crippen LogP contribution >= 0.6 is 0 Å². The van der Waals surface area contributed by atoms with Crippen molar-refractivity contribution in [3.63, 3.8) is 0 Å². The number of aliphatic hydroxyl groups excluding tert-OH is 4. The lowest BCUT2D eigenvalue weighted by molar-refractivity contribution is -0.277. The molecule has 4 N–H and O–H groups in total. The predicted molar refractivity (Wildman–Crippen MR) is 134 cm³/mol. The van der Waals surface area contributed by atoms with Crippen LogP contribution in [0.15, 0.2) is 36.4 Å². The number of rotatable bonds is 5. The average molecular weight is 543 g/mol. The van der Waals surface area contributed by atoms with Crippen molar-refractivity contribution >= 4 is 5.78 Å². The van der Waals surface area contributed by atoms with Gasteiger partial charge in [0, 0.05) is 23.6 Å². The number of ether oxygens (including phenoxy) is 6. The topological polar surface area (TPSA) is 153 Å². The van der Waals surface area contributed by atoms with Crippen molar-refractivity contribution in [2.45, 2.75) is 62.2 Å². The number of hydrogen-bond donors (Lipinski definition) is 4. The van der Waals surface area contributed by atoms with Crippen LogP contribution in [0.5, 0.6) is 28.7 Å². The van der Waals surface area contributed by atoms with Gasteiger partial charge in [-0.05, 0) is 30.7 Å². The molecule has 4 aliphatic rings. The number of carbonyl (C=O) groups is 1. The number of fused-ring (bicyclic) bond motifs is 6. The highest BCUT2D eigenvalue weighted by atomic mass is 16.7. The zero-order valence-corrected chi connectivity index (χ0v) is 21.4. The van der Waals surface area contributed by atoms with Crippen LogP contribution in [0, 0.1) is 0 Å². The highest BCUT2D eigenvalue weighted by molar-refractivity contribution is 6.06. The fourth-order valence-corrected chi connectivity index (χ4v) is 5.56. The van der Waals surface area contributed by atoms with E-state index in [4.69, 9.17) is 28.4 Å². The third kappa shape index (κ3) is 4.12. The van der Waals surface area contributed by atoms with Gasteiger partial charge in [-0.25, -0.2) is 0 Å². The zero-order valence-electron chi connectivity index (χ0n) is 21.4. The number of ketones is 1. The van der Waals surface area contributed by atoms with Crippen molar-refractivity contribution in [3.8, 4) is 28.7 Å². The first-order valence-electron chi connectivity index (χ1n) is 12.7. The van der Waals surface area contributed by atoms with Gasteiger partial charge in [0.1, 0.15) is 60.5 Å². The van der Waals surface area contributed by atoms with Crippen molar-refractivity contribution in [1.82, 2.24) is 0 Å². The van der Waals surface area contributed by atoms with Gasteiger partial charge in [-0.1, -0.05) is 6.58 Å². The number of aliphatic hydroxyl groups is 4. The van der Waals surface area contributed by atoms with E-state index in [1.54, 1.807) is 24.3 Å². The number of carbonyl (C=O) groups excluding carboxylic acids is 1. The highest BCUT2D eigenvalue weighted by Crippen LogP contribution is 2.50. The molecule has 6 rings (SSSR count). The Morgan fingerprint density at radius 1 is 1.08 bits per heavy atom. The molecule has 2 aromatic rings. The minimum Gasteiger partial charge on any atom is -0.493 e. The maximum atomic E-state index is 13.9. The first kappa shape index (κ1) is 25.9. The summed E-state index contributed by atoms with van der Waals surface area (Å²) in [6.45, 7) is 5.42. The first-order valence-corrected chi connectivity index (χ1v) is 12.7. The quantitative estimate of drug-likeness (QED) is 0.398. The fraction of sp³-hybridized carbons (Fsp3) is 0.464. The Morgan fingerprint density at radius 2 is 1.87 bits per heavy atom. The largest absolute Gasteiger partial charge is 0.493 e. The van der Waals surface area contributed by atoms with Crippen LogP contribution in [0.4, 0.5) is 0 Å². The second kappa shape index (κ2) is 9.68. The predicted octanol–water partition coefficient (Wildman–Crippen LogP) is 0.873. The van der Waals surface area contributed by atoms with E-state index in [1.165, 1.54) is 7.11 Å². The molecule has 1 fully saturated rings. The molecule has 208 valence electrons. The Balaban J connectivity index is 1.34. The maximum absolute atomic E-state index is 13.9. The lowest BCUT2D eigenvalue weighted by Gasteiger charge is -2.40. The summed E-state index contributed by atoms with van der Waals surface area (Å²) in [4.78, 5) is 13.9. The summed E-state index contributed by atoms with van der Waals surface area (Å²) in [5, 5.41) is 40.2. The van der Waals surface area contributed by atoms with Crippen LogP contribution in [0.25, 0.3) is 0 Å². The van der Waals surface area contributed by atoms with Crippen LogP contribution in [0.3, 0.4) is 0 Å². The normalized spacial score (nSPS) is 32.4. The molecular weight excluding hydrogens is 512 g/mol. The molecule has 11 nitrogen and oxygen atoms in total. The molecule has 0 radical (unpaired) electrons. The van der Waals surface area contributed by atoms with Gasteiger partial charge >= 0.3 is 0 Å². The summed E-state index contributed by atoms with van der Waals surface area (Å²) in [6, 6.07) is 6.62. The lowest BCUT2D eigenvalue weighted by atomic mass is 9.81. The Kier molecular flexibility index (Phi) is 6.43. The summed E-state index contributed by atoms with van der Waals surface area (Å²) in [7, 11) is 1.42. The van der Waals surface area contributed by atoms with E-state index in [9.17, 15) is 25.2 Å². The molecule has 0 saturated carbocycles. The summed E-state index contributed by atoms with van der Waals surface area (Å²) < 4.78 is 35.1.